The van der Waals surface area contributed by atoms with Crippen LogP contribution in [0.25, 0.3) is 0 Å². The summed E-state index contributed by atoms with van der Waals surface area (Å²) in [7, 11) is 0. The van der Waals surface area contributed by atoms with Gasteiger partial charge in [0, 0.05) is 19.6 Å². The molecule has 1 N–H and O–H groups in total. The number of anilines is 1. The first-order valence-electron chi connectivity index (χ1n) is 10.8. The minimum Gasteiger partial charge on any atom is -0.460 e. The zero-order chi connectivity index (χ0) is 24.2. The molecule has 8 nitrogen and oxygen atoms in total. The predicted molar refractivity (Wildman–Crippen MR) is 124 cm³/mol. The number of ether oxygens (including phenoxy) is 1. The van der Waals surface area contributed by atoms with Gasteiger partial charge in [-0.3, -0.25) is 9.69 Å². The molecule has 178 valence electrons. The maximum absolute atomic E-state index is 13.1. The van der Waals surface area contributed by atoms with E-state index in [2.05, 4.69) is 5.32 Å². The van der Waals surface area contributed by atoms with Crippen molar-refractivity contribution >= 4 is 34.2 Å². The molecule has 1 aliphatic rings. The Morgan fingerprint density at radius 2 is 1.94 bits per heavy atom. The standard InChI is InChI=1S/C24H24FN3O5S/c1-3-32-23(30)19-9-8-18(33-19)13-26-22(29)21-15(2)12-20(34-21)28-11-10-27(24(28)31)14-16-4-6-17(25)7-5-16/h4-9,12H,3,10-11,13-14H2,1-2H3,(H,26,29). The zero-order valence-electron chi connectivity index (χ0n) is 18.8. The van der Waals surface area contributed by atoms with Gasteiger partial charge in [-0.25, -0.2) is 14.0 Å². The number of benzene rings is 1. The van der Waals surface area contributed by atoms with E-state index in [1.807, 2.05) is 13.0 Å². The fourth-order valence-corrected chi connectivity index (χ4v) is 4.71. The van der Waals surface area contributed by atoms with E-state index in [0.717, 1.165) is 11.1 Å². The van der Waals surface area contributed by atoms with E-state index in [1.54, 1.807) is 34.9 Å². The molecule has 0 bridgehead atoms. The highest BCUT2D eigenvalue weighted by Gasteiger charge is 2.31. The molecule has 10 heteroatoms. The van der Waals surface area contributed by atoms with Crippen LogP contribution in [-0.4, -0.2) is 42.5 Å². The van der Waals surface area contributed by atoms with Crippen molar-refractivity contribution in [3.05, 3.63) is 75.8 Å². The Morgan fingerprint density at radius 3 is 2.68 bits per heavy atom. The number of amides is 3. The van der Waals surface area contributed by atoms with Gasteiger partial charge in [0.15, 0.2) is 0 Å². The number of nitrogens with zero attached hydrogens (tertiary/aromatic N) is 2. The van der Waals surface area contributed by atoms with Crippen LogP contribution in [0.1, 0.15) is 44.0 Å². The van der Waals surface area contributed by atoms with Gasteiger partial charge in [0.05, 0.1) is 18.0 Å². The average Bonchev–Trinajstić information content (AvgIpc) is 3.53. The van der Waals surface area contributed by atoms with Crippen molar-refractivity contribution in [2.75, 3.05) is 24.6 Å². The van der Waals surface area contributed by atoms with Crippen LogP contribution in [0.4, 0.5) is 14.2 Å². The number of halogens is 1. The van der Waals surface area contributed by atoms with Gasteiger partial charge in [-0.1, -0.05) is 12.1 Å². The Bertz CT molecular complexity index is 1200. The molecule has 1 fully saturated rings. The summed E-state index contributed by atoms with van der Waals surface area (Å²) in [5.41, 5.74) is 1.61. The molecule has 1 saturated heterocycles. The number of nitrogens with one attached hydrogen (secondary N) is 1. The molecule has 3 aromatic rings. The number of carbonyl (C=O) groups is 3. The average molecular weight is 486 g/mol. The van der Waals surface area contributed by atoms with Gasteiger partial charge in [-0.15, -0.1) is 11.3 Å². The lowest BCUT2D eigenvalue weighted by Gasteiger charge is -2.17. The van der Waals surface area contributed by atoms with Crippen molar-refractivity contribution in [3.8, 4) is 0 Å². The number of hydrogen-bond acceptors (Lipinski definition) is 6. The molecule has 0 spiro atoms. The summed E-state index contributed by atoms with van der Waals surface area (Å²) >= 11 is 1.24. The van der Waals surface area contributed by atoms with E-state index >= 15 is 0 Å². The normalized spacial score (nSPS) is 13.4. The molecule has 0 aliphatic carbocycles. The number of hydrogen-bond donors (Lipinski definition) is 1. The smallest absolute Gasteiger partial charge is 0.374 e. The summed E-state index contributed by atoms with van der Waals surface area (Å²) in [6.07, 6.45) is 0. The highest BCUT2D eigenvalue weighted by atomic mass is 32.1. The van der Waals surface area contributed by atoms with Crippen LogP contribution >= 0.6 is 11.3 Å². The Labute approximate surface area is 199 Å². The van der Waals surface area contributed by atoms with E-state index < -0.39 is 5.97 Å². The molecule has 34 heavy (non-hydrogen) atoms. The molecule has 0 radical (unpaired) electrons. The summed E-state index contributed by atoms with van der Waals surface area (Å²) in [5.74, 6) is -0.653. The number of aryl methyl sites for hydroxylation is 1. The monoisotopic (exact) mass is 485 g/mol. The molecular formula is C24H24FN3O5S. The Morgan fingerprint density at radius 1 is 1.18 bits per heavy atom. The van der Waals surface area contributed by atoms with Crippen molar-refractivity contribution in [3.63, 3.8) is 0 Å². The van der Waals surface area contributed by atoms with Crippen molar-refractivity contribution in [2.24, 2.45) is 0 Å². The summed E-state index contributed by atoms with van der Waals surface area (Å²) < 4.78 is 23.4. The van der Waals surface area contributed by atoms with Crippen molar-refractivity contribution in [2.45, 2.75) is 26.9 Å². The molecule has 3 amide bonds. The Kier molecular flexibility index (Phi) is 6.97. The number of esters is 1. The summed E-state index contributed by atoms with van der Waals surface area (Å²) in [6.45, 7) is 5.31. The fourth-order valence-electron chi connectivity index (χ4n) is 3.60. The number of thiophene rings is 1. The molecule has 0 unspecified atom stereocenters. The first-order valence-corrected chi connectivity index (χ1v) is 11.6. The molecule has 2 aromatic heterocycles. The predicted octanol–water partition coefficient (Wildman–Crippen LogP) is 4.34. The van der Waals surface area contributed by atoms with Gasteiger partial charge >= 0.3 is 12.0 Å². The second-order valence-corrected chi connectivity index (χ2v) is 8.78. The molecule has 3 heterocycles. The molecule has 1 aromatic carbocycles. The number of furan rings is 1. The number of rotatable bonds is 8. The minimum atomic E-state index is -0.553. The lowest BCUT2D eigenvalue weighted by molar-refractivity contribution is 0.0488. The molecule has 0 saturated carbocycles. The second kappa shape index (κ2) is 10.1. The third-order valence-corrected chi connectivity index (χ3v) is 6.58. The van der Waals surface area contributed by atoms with Crippen LogP contribution in [0.15, 0.2) is 46.9 Å². The largest absolute Gasteiger partial charge is 0.460 e. The van der Waals surface area contributed by atoms with Gasteiger partial charge in [0.2, 0.25) is 5.76 Å². The van der Waals surface area contributed by atoms with E-state index in [1.165, 1.54) is 29.5 Å². The third-order valence-electron chi connectivity index (χ3n) is 5.32. The maximum atomic E-state index is 13.1. The highest BCUT2D eigenvalue weighted by molar-refractivity contribution is 7.18. The summed E-state index contributed by atoms with van der Waals surface area (Å²) in [6, 6.07) is 10.9. The quantitative estimate of drug-likeness (QED) is 0.480. The molecular weight excluding hydrogens is 461 g/mol. The van der Waals surface area contributed by atoms with Gasteiger partial charge in [-0.05, 0) is 55.3 Å². The Balaban J connectivity index is 1.37. The first-order chi connectivity index (χ1) is 16.4. The SMILES string of the molecule is CCOC(=O)c1ccc(CNC(=O)c2sc(N3CCN(Cc4ccc(F)cc4)C3=O)cc2C)o1. The lowest BCUT2D eigenvalue weighted by atomic mass is 10.2. The van der Waals surface area contributed by atoms with Crippen LogP contribution < -0.4 is 10.2 Å². The lowest BCUT2D eigenvalue weighted by Crippen LogP contribution is -2.31. The van der Waals surface area contributed by atoms with Gasteiger partial charge in [-0.2, -0.15) is 0 Å². The highest BCUT2D eigenvalue weighted by Crippen LogP contribution is 2.32. The molecule has 1 aliphatic heterocycles. The van der Waals surface area contributed by atoms with Crippen LogP contribution in [-0.2, 0) is 17.8 Å². The third kappa shape index (κ3) is 5.12. The van der Waals surface area contributed by atoms with E-state index in [-0.39, 0.29) is 36.7 Å². The van der Waals surface area contributed by atoms with E-state index in [4.69, 9.17) is 9.15 Å². The Hall–Kier alpha value is -3.66. The van der Waals surface area contributed by atoms with Crippen LogP contribution in [0.3, 0.4) is 0 Å². The van der Waals surface area contributed by atoms with Gasteiger partial charge in [0.25, 0.3) is 5.91 Å². The zero-order valence-corrected chi connectivity index (χ0v) is 19.6. The first kappa shape index (κ1) is 23.5. The van der Waals surface area contributed by atoms with Crippen molar-refractivity contribution < 1.29 is 27.9 Å². The second-order valence-electron chi connectivity index (χ2n) is 7.75. The van der Waals surface area contributed by atoms with Gasteiger partial charge in [0.1, 0.15) is 16.6 Å². The van der Waals surface area contributed by atoms with Crippen LogP contribution in [0, 0.1) is 12.7 Å². The summed E-state index contributed by atoms with van der Waals surface area (Å²) in [4.78, 5) is 41.2. The van der Waals surface area contributed by atoms with E-state index in [9.17, 15) is 18.8 Å². The van der Waals surface area contributed by atoms with Gasteiger partial charge < -0.3 is 19.4 Å². The molecule has 4 rings (SSSR count). The van der Waals surface area contributed by atoms with Crippen molar-refractivity contribution in [1.82, 2.24) is 10.2 Å². The number of carbonyl (C=O) groups excluding carboxylic acids is 3. The van der Waals surface area contributed by atoms with Crippen molar-refractivity contribution in [1.29, 1.82) is 0 Å². The number of urea groups is 1. The summed E-state index contributed by atoms with van der Waals surface area (Å²) in [5, 5.41) is 3.47. The topological polar surface area (TPSA) is 92.1 Å². The minimum absolute atomic E-state index is 0.0819. The maximum Gasteiger partial charge on any atom is 0.374 e. The van der Waals surface area contributed by atoms with Crippen LogP contribution in [0.2, 0.25) is 0 Å². The molecule has 0 atom stereocenters. The van der Waals surface area contributed by atoms with Crippen LogP contribution in [0.5, 0.6) is 0 Å². The van der Waals surface area contributed by atoms with E-state index in [0.29, 0.717) is 35.3 Å². The fraction of sp³-hybridized carbons (Fsp3) is 0.292.